The summed E-state index contributed by atoms with van der Waals surface area (Å²) >= 11 is 0. The summed E-state index contributed by atoms with van der Waals surface area (Å²) in [6.07, 6.45) is 3.27. The van der Waals surface area contributed by atoms with Crippen LogP contribution >= 0.6 is 0 Å². The number of hydrogen-bond donors (Lipinski definition) is 3. The first-order valence-corrected chi connectivity index (χ1v) is 8.48. The second-order valence-corrected chi connectivity index (χ2v) is 6.32. The fraction of sp³-hybridized carbons (Fsp3) is 0.316. The number of rotatable bonds is 4. The summed E-state index contributed by atoms with van der Waals surface area (Å²) in [5.41, 5.74) is 1.10. The van der Waals surface area contributed by atoms with Gasteiger partial charge in [0, 0.05) is 29.4 Å². The van der Waals surface area contributed by atoms with E-state index in [-0.39, 0.29) is 17.7 Å². The Hall–Kier alpha value is -2.73. The Balaban J connectivity index is 1.64. The van der Waals surface area contributed by atoms with Crippen molar-refractivity contribution in [3.63, 3.8) is 0 Å². The van der Waals surface area contributed by atoms with Crippen LogP contribution in [0.3, 0.4) is 0 Å². The number of nitrogens with one attached hydrogen (secondary N) is 3. The number of amides is 2. The van der Waals surface area contributed by atoms with Gasteiger partial charge in [0.15, 0.2) is 0 Å². The first-order chi connectivity index (χ1) is 12.1. The summed E-state index contributed by atoms with van der Waals surface area (Å²) in [6, 6.07) is 12.6. The van der Waals surface area contributed by atoms with Crippen molar-refractivity contribution < 1.29 is 9.59 Å². The van der Waals surface area contributed by atoms with Crippen LogP contribution in [-0.4, -0.2) is 29.4 Å². The molecule has 1 aromatic carbocycles. The Kier molecular flexibility index (Phi) is 5.40. The van der Waals surface area contributed by atoms with E-state index in [4.69, 9.17) is 0 Å². The number of piperidine rings is 1. The summed E-state index contributed by atoms with van der Waals surface area (Å²) in [5.74, 6) is 0.244. The highest BCUT2D eigenvalue weighted by Gasteiger charge is 2.24. The maximum Gasteiger partial charge on any atom is 0.256 e. The van der Waals surface area contributed by atoms with Crippen LogP contribution in [0.25, 0.3) is 0 Å². The van der Waals surface area contributed by atoms with Gasteiger partial charge in [-0.2, -0.15) is 0 Å². The molecule has 130 valence electrons. The highest BCUT2D eigenvalue weighted by molar-refractivity contribution is 6.05. The first kappa shape index (κ1) is 17.1. The average molecular weight is 338 g/mol. The van der Waals surface area contributed by atoms with Gasteiger partial charge in [-0.25, -0.2) is 4.98 Å². The molecule has 0 saturated carbocycles. The third-order valence-corrected chi connectivity index (χ3v) is 4.29. The molecular formula is C19H22N4O2. The normalized spacial score (nSPS) is 19.9. The van der Waals surface area contributed by atoms with Gasteiger partial charge < -0.3 is 16.0 Å². The van der Waals surface area contributed by atoms with Crippen molar-refractivity contribution in [3.8, 4) is 0 Å². The summed E-state index contributed by atoms with van der Waals surface area (Å²) in [6.45, 7) is 2.94. The van der Waals surface area contributed by atoms with Gasteiger partial charge in [0.25, 0.3) is 5.91 Å². The Morgan fingerprint density at radius 2 is 2.04 bits per heavy atom. The fourth-order valence-corrected chi connectivity index (χ4v) is 2.98. The molecule has 1 aliphatic heterocycles. The van der Waals surface area contributed by atoms with Gasteiger partial charge in [0.2, 0.25) is 5.91 Å². The van der Waals surface area contributed by atoms with Crippen LogP contribution in [0.1, 0.15) is 30.1 Å². The molecule has 2 amide bonds. The topological polar surface area (TPSA) is 83.1 Å². The molecule has 0 bridgehead atoms. The lowest BCUT2D eigenvalue weighted by Gasteiger charge is -2.27. The largest absolute Gasteiger partial charge is 0.326 e. The van der Waals surface area contributed by atoms with Crippen LogP contribution in [0.4, 0.5) is 11.5 Å². The zero-order chi connectivity index (χ0) is 17.6. The minimum absolute atomic E-state index is 0.00208. The monoisotopic (exact) mass is 338 g/mol. The number of carbonyl (C=O) groups excluding carboxylic acids is 2. The zero-order valence-corrected chi connectivity index (χ0v) is 14.2. The molecule has 1 aromatic heterocycles. The molecule has 6 heteroatoms. The van der Waals surface area contributed by atoms with Gasteiger partial charge in [-0.05, 0) is 56.6 Å². The minimum Gasteiger partial charge on any atom is -0.326 e. The van der Waals surface area contributed by atoms with Gasteiger partial charge in [-0.3, -0.25) is 9.59 Å². The van der Waals surface area contributed by atoms with Crippen molar-refractivity contribution in [2.24, 2.45) is 5.92 Å². The van der Waals surface area contributed by atoms with Crippen LogP contribution in [0.15, 0.2) is 48.7 Å². The Labute approximate surface area is 147 Å². The number of pyridine rings is 1. The predicted octanol–water partition coefficient (Wildman–Crippen LogP) is 2.66. The molecule has 25 heavy (non-hydrogen) atoms. The molecule has 0 unspecified atom stereocenters. The molecule has 1 aliphatic rings. The third-order valence-electron chi connectivity index (χ3n) is 4.29. The minimum atomic E-state index is -0.259. The van der Waals surface area contributed by atoms with E-state index < -0.39 is 0 Å². The molecule has 1 saturated heterocycles. The number of carbonyl (C=O) groups is 2. The highest BCUT2D eigenvalue weighted by Crippen LogP contribution is 2.19. The summed E-state index contributed by atoms with van der Waals surface area (Å²) < 4.78 is 0. The van der Waals surface area contributed by atoms with Gasteiger partial charge in [0.05, 0.1) is 0 Å². The Morgan fingerprint density at radius 1 is 1.16 bits per heavy atom. The Bertz CT molecular complexity index is 748. The molecule has 1 fully saturated rings. The maximum atomic E-state index is 12.4. The second-order valence-electron chi connectivity index (χ2n) is 6.32. The van der Waals surface area contributed by atoms with Gasteiger partial charge in [-0.1, -0.05) is 12.1 Å². The SMILES string of the molecule is C[C@H]1C[C@@H](C(=O)Nc2cccc(C(=O)Nc3ccccn3)c2)CCN1. The summed E-state index contributed by atoms with van der Waals surface area (Å²) in [7, 11) is 0. The van der Waals surface area contributed by atoms with Gasteiger partial charge >= 0.3 is 0 Å². The lowest BCUT2D eigenvalue weighted by molar-refractivity contribution is -0.120. The molecule has 3 N–H and O–H groups in total. The predicted molar refractivity (Wildman–Crippen MR) is 97.5 cm³/mol. The molecule has 0 radical (unpaired) electrons. The van der Waals surface area contributed by atoms with E-state index >= 15 is 0 Å². The average Bonchev–Trinajstić information content (AvgIpc) is 2.63. The van der Waals surface area contributed by atoms with Crippen LogP contribution < -0.4 is 16.0 Å². The van der Waals surface area contributed by atoms with Crippen LogP contribution in [0.5, 0.6) is 0 Å². The smallest absolute Gasteiger partial charge is 0.256 e. The van der Waals surface area contributed by atoms with Crippen molar-refractivity contribution in [1.29, 1.82) is 0 Å². The number of hydrogen-bond acceptors (Lipinski definition) is 4. The van der Waals surface area contributed by atoms with Crippen molar-refractivity contribution in [1.82, 2.24) is 10.3 Å². The lowest BCUT2D eigenvalue weighted by Crippen LogP contribution is -2.40. The molecule has 0 spiro atoms. The van der Waals surface area contributed by atoms with E-state index in [0.29, 0.717) is 23.1 Å². The van der Waals surface area contributed by atoms with E-state index in [2.05, 4.69) is 27.9 Å². The number of anilines is 2. The van der Waals surface area contributed by atoms with E-state index in [1.807, 2.05) is 0 Å². The fourth-order valence-electron chi connectivity index (χ4n) is 2.98. The third kappa shape index (κ3) is 4.64. The molecule has 2 aromatic rings. The number of benzene rings is 1. The zero-order valence-electron chi connectivity index (χ0n) is 14.2. The molecule has 3 rings (SSSR count). The Morgan fingerprint density at radius 3 is 2.80 bits per heavy atom. The van der Waals surface area contributed by atoms with Gasteiger partial charge in [-0.15, -0.1) is 0 Å². The van der Waals surface area contributed by atoms with E-state index in [0.717, 1.165) is 19.4 Å². The lowest BCUT2D eigenvalue weighted by atomic mass is 9.92. The van der Waals surface area contributed by atoms with Crippen LogP contribution in [0.2, 0.25) is 0 Å². The van der Waals surface area contributed by atoms with Crippen molar-refractivity contribution in [2.75, 3.05) is 17.2 Å². The number of aromatic nitrogens is 1. The molecule has 0 aliphatic carbocycles. The van der Waals surface area contributed by atoms with Crippen molar-refractivity contribution in [3.05, 3.63) is 54.2 Å². The molecule has 6 nitrogen and oxygen atoms in total. The quantitative estimate of drug-likeness (QED) is 0.800. The molecule has 2 atom stereocenters. The maximum absolute atomic E-state index is 12.4. The van der Waals surface area contributed by atoms with E-state index in [1.165, 1.54) is 0 Å². The first-order valence-electron chi connectivity index (χ1n) is 8.48. The van der Waals surface area contributed by atoms with Crippen LogP contribution in [-0.2, 0) is 4.79 Å². The van der Waals surface area contributed by atoms with Crippen LogP contribution in [0, 0.1) is 5.92 Å². The molecular weight excluding hydrogens is 316 g/mol. The molecule has 2 heterocycles. The van der Waals surface area contributed by atoms with Crippen molar-refractivity contribution in [2.45, 2.75) is 25.8 Å². The van der Waals surface area contributed by atoms with Gasteiger partial charge in [0.1, 0.15) is 5.82 Å². The van der Waals surface area contributed by atoms with Crippen molar-refractivity contribution >= 4 is 23.3 Å². The second kappa shape index (κ2) is 7.90. The van der Waals surface area contributed by atoms with E-state index in [1.54, 1.807) is 48.7 Å². The highest BCUT2D eigenvalue weighted by atomic mass is 16.2. The van der Waals surface area contributed by atoms with E-state index in [9.17, 15) is 9.59 Å². The summed E-state index contributed by atoms with van der Waals surface area (Å²) in [4.78, 5) is 28.8. The standard InChI is InChI=1S/C19H22N4O2/c1-13-11-15(8-10-20-13)18(24)22-16-6-4-5-14(12-16)19(25)23-17-7-2-3-9-21-17/h2-7,9,12-13,15,20H,8,10-11H2,1H3,(H,22,24)(H,21,23,25)/t13-,15-/m0/s1. The number of nitrogens with zero attached hydrogens (tertiary/aromatic N) is 1. The summed E-state index contributed by atoms with van der Waals surface area (Å²) in [5, 5.41) is 9.00.